The number of para-hydroxylation sites is 1. The molecule has 0 fully saturated rings. The van der Waals surface area contributed by atoms with Crippen molar-refractivity contribution >= 4 is 54.4 Å². The first-order chi connectivity index (χ1) is 18.3. The standard InChI is InChI=1S/C34H20N2O/c1-2-9-23(10-3-1)32-27-18-16-21-8-4-5-11-25(21)33(27)36-34(35-32)24-15-14-22-17-19-30-31(28(22)20-24)26-12-6-7-13-29(26)37-30/h1-20H. The Morgan fingerprint density at radius 3 is 2.11 bits per heavy atom. The van der Waals surface area contributed by atoms with Crippen LogP contribution in [0, 0.1) is 0 Å². The lowest BCUT2D eigenvalue weighted by molar-refractivity contribution is 0.669. The van der Waals surface area contributed by atoms with Crippen LogP contribution in [0.4, 0.5) is 0 Å². The predicted molar refractivity (Wildman–Crippen MR) is 153 cm³/mol. The molecule has 0 aliphatic rings. The summed E-state index contributed by atoms with van der Waals surface area (Å²) >= 11 is 0. The maximum atomic E-state index is 6.16. The van der Waals surface area contributed by atoms with Gasteiger partial charge < -0.3 is 4.42 Å². The van der Waals surface area contributed by atoms with E-state index in [1.165, 1.54) is 5.39 Å². The van der Waals surface area contributed by atoms with E-state index in [2.05, 4.69) is 103 Å². The van der Waals surface area contributed by atoms with E-state index in [0.29, 0.717) is 0 Å². The Balaban J connectivity index is 1.46. The Morgan fingerprint density at radius 2 is 1.19 bits per heavy atom. The zero-order valence-corrected chi connectivity index (χ0v) is 19.8. The van der Waals surface area contributed by atoms with Crippen LogP contribution in [0.2, 0.25) is 0 Å². The third-order valence-electron chi connectivity index (χ3n) is 7.26. The Hall–Kier alpha value is -5.02. The molecule has 172 valence electrons. The van der Waals surface area contributed by atoms with Gasteiger partial charge in [0, 0.05) is 32.7 Å². The van der Waals surface area contributed by atoms with Gasteiger partial charge in [0.25, 0.3) is 0 Å². The van der Waals surface area contributed by atoms with E-state index in [1.54, 1.807) is 0 Å². The molecular formula is C34H20N2O. The summed E-state index contributed by atoms with van der Waals surface area (Å²) in [6, 6.07) is 42.0. The van der Waals surface area contributed by atoms with Gasteiger partial charge in [-0.1, -0.05) is 97.1 Å². The molecular weight excluding hydrogens is 452 g/mol. The first kappa shape index (κ1) is 20.2. The molecule has 8 aromatic rings. The van der Waals surface area contributed by atoms with Gasteiger partial charge in [-0.2, -0.15) is 0 Å². The normalized spacial score (nSPS) is 11.8. The van der Waals surface area contributed by atoms with Gasteiger partial charge in [0.1, 0.15) is 11.2 Å². The van der Waals surface area contributed by atoms with Crippen molar-refractivity contribution in [3.63, 3.8) is 0 Å². The summed E-state index contributed by atoms with van der Waals surface area (Å²) < 4.78 is 6.16. The highest BCUT2D eigenvalue weighted by molar-refractivity contribution is 6.19. The van der Waals surface area contributed by atoms with E-state index in [-0.39, 0.29) is 0 Å². The minimum absolute atomic E-state index is 0.717. The number of nitrogens with zero attached hydrogens (tertiary/aromatic N) is 2. The van der Waals surface area contributed by atoms with Crippen molar-refractivity contribution in [3.05, 3.63) is 121 Å². The molecule has 0 aliphatic carbocycles. The summed E-state index contributed by atoms with van der Waals surface area (Å²) in [7, 11) is 0. The average molecular weight is 473 g/mol. The molecule has 0 radical (unpaired) electrons. The van der Waals surface area contributed by atoms with Crippen LogP contribution >= 0.6 is 0 Å². The van der Waals surface area contributed by atoms with E-state index in [4.69, 9.17) is 14.4 Å². The molecule has 37 heavy (non-hydrogen) atoms. The van der Waals surface area contributed by atoms with Crippen LogP contribution in [-0.2, 0) is 0 Å². The molecule has 0 atom stereocenters. The van der Waals surface area contributed by atoms with Gasteiger partial charge in [0.15, 0.2) is 5.82 Å². The van der Waals surface area contributed by atoms with Crippen molar-refractivity contribution in [2.24, 2.45) is 0 Å². The highest BCUT2D eigenvalue weighted by Crippen LogP contribution is 2.37. The number of hydrogen-bond donors (Lipinski definition) is 0. The first-order valence-corrected chi connectivity index (χ1v) is 12.4. The molecule has 3 heteroatoms. The van der Waals surface area contributed by atoms with E-state index in [0.717, 1.165) is 71.6 Å². The fourth-order valence-corrected chi connectivity index (χ4v) is 5.49. The quantitative estimate of drug-likeness (QED) is 0.235. The minimum atomic E-state index is 0.717. The SMILES string of the molecule is c1ccc(-c2nc(-c3ccc4ccc5oc6ccccc6c5c4c3)nc3c2ccc2ccccc23)cc1. The summed E-state index contributed by atoms with van der Waals surface area (Å²) in [4.78, 5) is 10.3. The number of benzene rings is 6. The van der Waals surface area contributed by atoms with Crippen LogP contribution in [0.1, 0.15) is 0 Å². The van der Waals surface area contributed by atoms with Crippen LogP contribution in [-0.4, -0.2) is 9.97 Å². The van der Waals surface area contributed by atoms with Crippen LogP contribution in [0.25, 0.3) is 77.0 Å². The Morgan fingerprint density at radius 1 is 0.459 bits per heavy atom. The molecule has 8 rings (SSSR count). The molecule has 0 amide bonds. The zero-order valence-electron chi connectivity index (χ0n) is 19.8. The topological polar surface area (TPSA) is 38.9 Å². The molecule has 2 aromatic heterocycles. The highest BCUT2D eigenvalue weighted by Gasteiger charge is 2.16. The van der Waals surface area contributed by atoms with Gasteiger partial charge in [0.05, 0.1) is 11.2 Å². The molecule has 2 heterocycles. The number of rotatable bonds is 2. The Labute approximate surface area is 212 Å². The lowest BCUT2D eigenvalue weighted by Gasteiger charge is -2.12. The van der Waals surface area contributed by atoms with Crippen molar-refractivity contribution < 1.29 is 4.42 Å². The van der Waals surface area contributed by atoms with Crippen molar-refractivity contribution in [1.82, 2.24) is 9.97 Å². The van der Waals surface area contributed by atoms with E-state index in [1.807, 2.05) is 18.2 Å². The van der Waals surface area contributed by atoms with Crippen molar-refractivity contribution in [3.8, 4) is 22.6 Å². The summed E-state index contributed by atoms with van der Waals surface area (Å²) in [5, 5.41) is 7.91. The number of furan rings is 1. The monoisotopic (exact) mass is 472 g/mol. The minimum Gasteiger partial charge on any atom is -0.456 e. The molecule has 0 N–H and O–H groups in total. The van der Waals surface area contributed by atoms with Gasteiger partial charge in [-0.3, -0.25) is 0 Å². The zero-order chi connectivity index (χ0) is 24.3. The van der Waals surface area contributed by atoms with Crippen molar-refractivity contribution in [2.45, 2.75) is 0 Å². The lowest BCUT2D eigenvalue weighted by atomic mass is 9.99. The van der Waals surface area contributed by atoms with E-state index < -0.39 is 0 Å². The summed E-state index contributed by atoms with van der Waals surface area (Å²) in [5.41, 5.74) is 5.76. The molecule has 0 spiro atoms. The predicted octanol–water partition coefficient (Wildman–Crippen LogP) is 9.17. The molecule has 0 bridgehead atoms. The maximum absolute atomic E-state index is 6.16. The third-order valence-corrected chi connectivity index (χ3v) is 7.26. The van der Waals surface area contributed by atoms with E-state index in [9.17, 15) is 0 Å². The van der Waals surface area contributed by atoms with Gasteiger partial charge in [0.2, 0.25) is 0 Å². The number of fused-ring (bicyclic) bond motifs is 8. The van der Waals surface area contributed by atoms with Crippen LogP contribution in [0.15, 0.2) is 126 Å². The average Bonchev–Trinajstić information content (AvgIpc) is 3.36. The van der Waals surface area contributed by atoms with Gasteiger partial charge >= 0.3 is 0 Å². The fraction of sp³-hybridized carbons (Fsp3) is 0. The van der Waals surface area contributed by atoms with Gasteiger partial charge in [-0.15, -0.1) is 0 Å². The fourth-order valence-electron chi connectivity index (χ4n) is 5.49. The first-order valence-electron chi connectivity index (χ1n) is 12.4. The van der Waals surface area contributed by atoms with Gasteiger partial charge in [-0.05, 0) is 40.4 Å². The highest BCUT2D eigenvalue weighted by atomic mass is 16.3. The second-order valence-electron chi connectivity index (χ2n) is 9.42. The van der Waals surface area contributed by atoms with Crippen LogP contribution in [0.3, 0.4) is 0 Å². The van der Waals surface area contributed by atoms with Crippen LogP contribution in [0.5, 0.6) is 0 Å². The molecule has 3 nitrogen and oxygen atoms in total. The summed E-state index contributed by atoms with van der Waals surface area (Å²) in [6.07, 6.45) is 0. The number of aromatic nitrogens is 2. The van der Waals surface area contributed by atoms with Crippen LogP contribution < -0.4 is 0 Å². The molecule has 0 saturated carbocycles. The molecule has 0 unspecified atom stereocenters. The molecule has 0 aliphatic heterocycles. The third kappa shape index (κ3) is 3.08. The number of hydrogen-bond acceptors (Lipinski definition) is 3. The lowest BCUT2D eigenvalue weighted by Crippen LogP contribution is -1.96. The molecule has 0 saturated heterocycles. The Bertz CT molecular complexity index is 2140. The second kappa shape index (κ2) is 7.74. The molecule has 6 aromatic carbocycles. The van der Waals surface area contributed by atoms with E-state index >= 15 is 0 Å². The largest absolute Gasteiger partial charge is 0.456 e. The second-order valence-corrected chi connectivity index (χ2v) is 9.42. The van der Waals surface area contributed by atoms with Crippen molar-refractivity contribution in [1.29, 1.82) is 0 Å². The van der Waals surface area contributed by atoms with Gasteiger partial charge in [-0.25, -0.2) is 9.97 Å². The maximum Gasteiger partial charge on any atom is 0.160 e. The Kier molecular flexibility index (Phi) is 4.23. The summed E-state index contributed by atoms with van der Waals surface area (Å²) in [6.45, 7) is 0. The summed E-state index contributed by atoms with van der Waals surface area (Å²) in [5.74, 6) is 0.717. The smallest absolute Gasteiger partial charge is 0.160 e. The van der Waals surface area contributed by atoms with Crippen molar-refractivity contribution in [2.75, 3.05) is 0 Å².